The lowest BCUT2D eigenvalue weighted by Gasteiger charge is -2.30. The van der Waals surface area contributed by atoms with Crippen LogP contribution in [0.1, 0.15) is 50.8 Å². The Morgan fingerprint density at radius 3 is 2.70 bits per heavy atom. The number of rotatable bonds is 8. The zero-order valence-electron chi connectivity index (χ0n) is 17.9. The highest BCUT2D eigenvalue weighted by molar-refractivity contribution is 5.83. The highest BCUT2D eigenvalue weighted by Crippen LogP contribution is 2.30. The van der Waals surface area contributed by atoms with Gasteiger partial charge >= 0.3 is 0 Å². The van der Waals surface area contributed by atoms with Gasteiger partial charge in [0.1, 0.15) is 5.82 Å². The van der Waals surface area contributed by atoms with Crippen molar-refractivity contribution in [3.63, 3.8) is 0 Å². The Kier molecular flexibility index (Phi) is 7.12. The van der Waals surface area contributed by atoms with Crippen molar-refractivity contribution in [3.05, 3.63) is 36.2 Å². The topological polar surface area (TPSA) is 72.3 Å². The molecule has 1 amide bonds. The Labute approximate surface area is 178 Å². The smallest absolute Gasteiger partial charge is 0.230 e. The van der Waals surface area contributed by atoms with Gasteiger partial charge in [0, 0.05) is 38.3 Å². The summed E-state index contributed by atoms with van der Waals surface area (Å²) in [6.45, 7) is 7.80. The van der Waals surface area contributed by atoms with Crippen LogP contribution in [-0.2, 0) is 16.1 Å². The molecule has 4 rings (SSSR count). The molecule has 0 bridgehead atoms. The van der Waals surface area contributed by atoms with Crippen LogP contribution in [0.4, 0.5) is 0 Å². The Balaban J connectivity index is 1.24. The van der Waals surface area contributed by atoms with Crippen LogP contribution in [0.5, 0.6) is 0 Å². The van der Waals surface area contributed by atoms with Gasteiger partial charge in [0.15, 0.2) is 5.82 Å². The number of nitrogens with zero attached hydrogens (tertiary/aromatic N) is 4. The monoisotopic (exact) mass is 411 g/mol. The SMILES string of the molecule is CCN1CCC(OCCCNC(=O)C2CCCn3c(-c4ccccc4)nnc32)CC1. The first-order chi connectivity index (χ1) is 14.8. The van der Waals surface area contributed by atoms with Crippen LogP contribution in [-0.4, -0.2) is 64.5 Å². The fourth-order valence-corrected chi connectivity index (χ4v) is 4.47. The summed E-state index contributed by atoms with van der Waals surface area (Å²) in [6.07, 6.45) is 5.22. The number of carbonyl (C=O) groups excluding carboxylic acids is 1. The van der Waals surface area contributed by atoms with Crippen LogP contribution >= 0.6 is 0 Å². The van der Waals surface area contributed by atoms with Gasteiger partial charge in [0.05, 0.1) is 12.0 Å². The number of hydrogen-bond acceptors (Lipinski definition) is 5. The summed E-state index contributed by atoms with van der Waals surface area (Å²) < 4.78 is 8.11. The fourth-order valence-electron chi connectivity index (χ4n) is 4.47. The van der Waals surface area contributed by atoms with Crippen LogP contribution in [0, 0.1) is 0 Å². The molecule has 2 aliphatic heterocycles. The molecule has 2 aromatic rings. The molecule has 162 valence electrons. The van der Waals surface area contributed by atoms with Gasteiger partial charge in [-0.3, -0.25) is 4.79 Å². The number of piperidine rings is 1. The first-order valence-electron chi connectivity index (χ1n) is 11.4. The first-order valence-corrected chi connectivity index (χ1v) is 11.4. The molecule has 3 heterocycles. The minimum absolute atomic E-state index is 0.0548. The van der Waals surface area contributed by atoms with Crippen molar-refractivity contribution >= 4 is 5.91 Å². The van der Waals surface area contributed by atoms with Crippen molar-refractivity contribution in [3.8, 4) is 11.4 Å². The molecule has 0 aliphatic carbocycles. The molecule has 2 aliphatic rings. The van der Waals surface area contributed by atoms with E-state index < -0.39 is 0 Å². The van der Waals surface area contributed by atoms with E-state index >= 15 is 0 Å². The minimum atomic E-state index is -0.219. The number of carbonyl (C=O) groups is 1. The zero-order valence-corrected chi connectivity index (χ0v) is 17.9. The standard InChI is InChI=1S/C23H33N5O2/c1-2-27-15-11-19(12-16-27)30-17-7-13-24-23(29)20-10-6-14-28-21(25-26-22(20)28)18-8-4-3-5-9-18/h3-5,8-9,19-20H,2,6-7,10-17H2,1H3,(H,24,29). The predicted molar refractivity (Wildman–Crippen MR) is 116 cm³/mol. The van der Waals surface area contributed by atoms with Gasteiger partial charge in [0.2, 0.25) is 5.91 Å². The molecular formula is C23H33N5O2. The lowest BCUT2D eigenvalue weighted by molar-refractivity contribution is -0.123. The first kappa shape index (κ1) is 21.0. The number of amides is 1. The Bertz CT molecular complexity index is 814. The lowest BCUT2D eigenvalue weighted by atomic mass is 9.97. The van der Waals surface area contributed by atoms with Crippen molar-refractivity contribution in [1.82, 2.24) is 25.0 Å². The normalized spacial score (nSPS) is 20.1. The van der Waals surface area contributed by atoms with Gasteiger partial charge in [-0.2, -0.15) is 0 Å². The van der Waals surface area contributed by atoms with Crippen molar-refractivity contribution < 1.29 is 9.53 Å². The minimum Gasteiger partial charge on any atom is -0.378 e. The maximum absolute atomic E-state index is 12.8. The molecule has 0 saturated carbocycles. The van der Waals surface area contributed by atoms with Gasteiger partial charge in [-0.15, -0.1) is 10.2 Å². The Hall–Kier alpha value is -2.25. The summed E-state index contributed by atoms with van der Waals surface area (Å²) >= 11 is 0. The Morgan fingerprint density at radius 2 is 1.93 bits per heavy atom. The van der Waals surface area contributed by atoms with Crippen molar-refractivity contribution in [2.45, 2.75) is 57.6 Å². The van der Waals surface area contributed by atoms with Crippen LogP contribution < -0.4 is 5.32 Å². The zero-order chi connectivity index (χ0) is 20.8. The van der Waals surface area contributed by atoms with E-state index in [-0.39, 0.29) is 11.8 Å². The maximum Gasteiger partial charge on any atom is 0.230 e. The van der Waals surface area contributed by atoms with Crippen molar-refractivity contribution in [1.29, 1.82) is 0 Å². The third-order valence-electron chi connectivity index (χ3n) is 6.27. The van der Waals surface area contributed by atoms with E-state index in [2.05, 4.69) is 31.9 Å². The summed E-state index contributed by atoms with van der Waals surface area (Å²) in [5.41, 5.74) is 1.04. The van der Waals surface area contributed by atoms with Crippen LogP contribution in [0.25, 0.3) is 11.4 Å². The summed E-state index contributed by atoms with van der Waals surface area (Å²) in [6, 6.07) is 10.1. The van der Waals surface area contributed by atoms with E-state index in [0.29, 0.717) is 19.3 Å². The summed E-state index contributed by atoms with van der Waals surface area (Å²) in [7, 11) is 0. The molecule has 1 N–H and O–H groups in total. The molecule has 1 saturated heterocycles. The van der Waals surface area contributed by atoms with E-state index in [1.807, 2.05) is 30.3 Å². The molecule has 7 nitrogen and oxygen atoms in total. The second kappa shape index (κ2) is 10.2. The average Bonchev–Trinajstić information content (AvgIpc) is 3.24. The third kappa shape index (κ3) is 4.90. The molecule has 7 heteroatoms. The van der Waals surface area contributed by atoms with Crippen LogP contribution in [0.2, 0.25) is 0 Å². The van der Waals surface area contributed by atoms with Gasteiger partial charge in [0.25, 0.3) is 0 Å². The predicted octanol–water partition coefficient (Wildman–Crippen LogP) is 2.83. The van der Waals surface area contributed by atoms with Crippen molar-refractivity contribution in [2.24, 2.45) is 0 Å². The number of fused-ring (bicyclic) bond motifs is 1. The average molecular weight is 412 g/mol. The molecule has 1 unspecified atom stereocenters. The van der Waals surface area contributed by atoms with Crippen LogP contribution in [0.3, 0.4) is 0 Å². The summed E-state index contributed by atoms with van der Waals surface area (Å²) in [5.74, 6) is 1.48. The summed E-state index contributed by atoms with van der Waals surface area (Å²) in [4.78, 5) is 15.3. The van der Waals surface area contributed by atoms with E-state index in [4.69, 9.17) is 4.74 Å². The van der Waals surface area contributed by atoms with E-state index in [1.165, 1.54) is 0 Å². The largest absolute Gasteiger partial charge is 0.378 e. The summed E-state index contributed by atoms with van der Waals surface area (Å²) in [5, 5.41) is 11.8. The molecule has 30 heavy (non-hydrogen) atoms. The number of ether oxygens (including phenoxy) is 1. The number of hydrogen-bond donors (Lipinski definition) is 1. The highest BCUT2D eigenvalue weighted by Gasteiger charge is 2.30. The number of nitrogens with one attached hydrogen (secondary N) is 1. The van der Waals surface area contributed by atoms with E-state index in [9.17, 15) is 4.79 Å². The third-order valence-corrected chi connectivity index (χ3v) is 6.27. The fraction of sp³-hybridized carbons (Fsp3) is 0.609. The van der Waals surface area contributed by atoms with E-state index in [1.54, 1.807) is 0 Å². The van der Waals surface area contributed by atoms with Gasteiger partial charge in [-0.25, -0.2) is 0 Å². The quantitative estimate of drug-likeness (QED) is 0.677. The van der Waals surface area contributed by atoms with Gasteiger partial charge < -0.3 is 19.5 Å². The molecule has 0 spiro atoms. The molecule has 1 atom stereocenters. The molecular weight excluding hydrogens is 378 g/mol. The molecule has 1 fully saturated rings. The lowest BCUT2D eigenvalue weighted by Crippen LogP contribution is -2.37. The van der Waals surface area contributed by atoms with Gasteiger partial charge in [-0.1, -0.05) is 37.3 Å². The van der Waals surface area contributed by atoms with Crippen molar-refractivity contribution in [2.75, 3.05) is 32.8 Å². The second-order valence-corrected chi connectivity index (χ2v) is 8.24. The molecule has 1 aromatic carbocycles. The number of benzene rings is 1. The van der Waals surface area contributed by atoms with E-state index in [0.717, 1.165) is 75.5 Å². The van der Waals surface area contributed by atoms with Crippen LogP contribution in [0.15, 0.2) is 30.3 Å². The molecule has 0 radical (unpaired) electrons. The molecule has 1 aromatic heterocycles. The maximum atomic E-state index is 12.8. The number of aromatic nitrogens is 3. The van der Waals surface area contributed by atoms with Gasteiger partial charge in [-0.05, 0) is 38.6 Å². The highest BCUT2D eigenvalue weighted by atomic mass is 16.5. The number of likely N-dealkylation sites (tertiary alicyclic amines) is 1. The Morgan fingerprint density at radius 1 is 1.13 bits per heavy atom. The second-order valence-electron chi connectivity index (χ2n) is 8.24.